The van der Waals surface area contributed by atoms with Gasteiger partial charge in [-0.2, -0.15) is 0 Å². The minimum Gasteiger partial charge on any atom is -0.490 e. The molecule has 1 spiro atoms. The van der Waals surface area contributed by atoms with Gasteiger partial charge in [-0.3, -0.25) is 4.79 Å². The molecule has 2 heterocycles. The molecule has 2 bridgehead atoms. The Bertz CT molecular complexity index is 1500. The second-order valence-corrected chi connectivity index (χ2v) is 16.1. The minimum atomic E-state index is -3.92. The Balaban J connectivity index is 1.43. The average molecular weight is 630 g/mol. The molecule has 6 atom stereocenters. The summed E-state index contributed by atoms with van der Waals surface area (Å²) in [4.78, 5) is 15.7. The van der Waals surface area contributed by atoms with Crippen molar-refractivity contribution in [1.29, 1.82) is 0 Å². The molecule has 0 saturated heterocycles. The molecule has 1 saturated carbocycles. The van der Waals surface area contributed by atoms with Crippen LogP contribution in [0, 0.1) is 17.8 Å². The van der Waals surface area contributed by atoms with Gasteiger partial charge < -0.3 is 20.5 Å². The first-order valence-corrected chi connectivity index (χ1v) is 17.7. The molecule has 4 N–H and O–H groups in total. The molecule has 6 rings (SSSR count). The van der Waals surface area contributed by atoms with Gasteiger partial charge in [-0.1, -0.05) is 31.0 Å². The van der Waals surface area contributed by atoms with E-state index in [-0.39, 0.29) is 35.3 Å². The van der Waals surface area contributed by atoms with Crippen LogP contribution in [0.1, 0.15) is 80.3 Å². The SMILES string of the molecule is C[C@@H]1[C@@H](C)CCC[C@](O)(CN)[C@@H]2CC[C@H]2CN2C[C@@]3(CCCc4cc(Cl)ccc43)COc3ccc(cc32)C(=O)NS1(=O)=O. The fourth-order valence-corrected chi connectivity index (χ4v) is 9.53. The molecule has 0 unspecified atom stereocenters. The predicted molar refractivity (Wildman–Crippen MR) is 169 cm³/mol. The van der Waals surface area contributed by atoms with E-state index in [1.165, 1.54) is 11.1 Å². The molecule has 0 radical (unpaired) electrons. The number of hydrogen-bond acceptors (Lipinski definition) is 7. The highest BCUT2D eigenvalue weighted by Gasteiger charge is 2.48. The molecule has 43 heavy (non-hydrogen) atoms. The molecule has 1 amide bonds. The Kier molecular flexibility index (Phi) is 8.24. The lowest BCUT2D eigenvalue weighted by atomic mass is 9.63. The van der Waals surface area contributed by atoms with Gasteiger partial charge in [0.1, 0.15) is 5.75 Å². The van der Waals surface area contributed by atoms with Crippen molar-refractivity contribution in [2.75, 3.05) is 31.1 Å². The smallest absolute Gasteiger partial charge is 0.264 e. The van der Waals surface area contributed by atoms with E-state index >= 15 is 0 Å². The van der Waals surface area contributed by atoms with Crippen molar-refractivity contribution in [3.8, 4) is 5.75 Å². The van der Waals surface area contributed by atoms with E-state index in [1.807, 2.05) is 13.0 Å². The summed E-state index contributed by atoms with van der Waals surface area (Å²) in [6.45, 7) is 5.55. The first kappa shape index (κ1) is 30.7. The number of fused-ring (bicyclic) bond motifs is 4. The lowest BCUT2D eigenvalue weighted by molar-refractivity contribution is -0.0814. The molecule has 1 fully saturated rings. The number of sulfonamides is 1. The normalized spacial score (nSPS) is 34.2. The summed E-state index contributed by atoms with van der Waals surface area (Å²) in [6, 6.07) is 11.4. The molecular formula is C33H44ClN3O5S. The number of aliphatic hydroxyl groups is 1. The highest BCUT2D eigenvalue weighted by molar-refractivity contribution is 7.90. The number of aryl methyl sites for hydroxylation is 1. The van der Waals surface area contributed by atoms with Crippen molar-refractivity contribution >= 4 is 33.2 Å². The van der Waals surface area contributed by atoms with Crippen LogP contribution < -0.4 is 20.1 Å². The molecule has 234 valence electrons. The van der Waals surface area contributed by atoms with E-state index in [0.717, 1.165) is 42.8 Å². The van der Waals surface area contributed by atoms with Crippen LogP contribution in [0.15, 0.2) is 36.4 Å². The highest BCUT2D eigenvalue weighted by atomic mass is 35.5. The molecule has 4 aliphatic rings. The van der Waals surface area contributed by atoms with E-state index < -0.39 is 26.8 Å². The van der Waals surface area contributed by atoms with Crippen molar-refractivity contribution in [3.63, 3.8) is 0 Å². The van der Waals surface area contributed by atoms with Crippen molar-refractivity contribution < 1.29 is 23.1 Å². The first-order chi connectivity index (χ1) is 20.4. The standard InChI is InChI=1S/C33H44ClN3O5S/c1-21-5-3-14-33(39,18-35)28-10-7-25(28)17-37-19-32(13-4-6-23-15-26(34)9-11-27(23)32)20-42-30-12-8-24(16-29(30)37)31(38)36-43(40,41)22(21)2/h8-9,11-12,15-16,21-22,25,28,39H,3-7,10,13-14,17-20,35H2,1-2H3,(H,36,38)/t21-,22+,25-,28+,32-,33-/m0/s1. The van der Waals surface area contributed by atoms with Crippen LogP contribution in [0.3, 0.4) is 0 Å². The Morgan fingerprint density at radius 1 is 1.12 bits per heavy atom. The topological polar surface area (TPSA) is 122 Å². The summed E-state index contributed by atoms with van der Waals surface area (Å²) < 4.78 is 35.4. The van der Waals surface area contributed by atoms with E-state index in [9.17, 15) is 18.3 Å². The molecular weight excluding hydrogens is 586 g/mol. The monoisotopic (exact) mass is 629 g/mol. The number of amides is 1. The van der Waals surface area contributed by atoms with Crippen LogP contribution in [0.5, 0.6) is 5.75 Å². The van der Waals surface area contributed by atoms with E-state index in [0.29, 0.717) is 44.7 Å². The van der Waals surface area contributed by atoms with Crippen LogP contribution >= 0.6 is 11.6 Å². The number of halogens is 1. The van der Waals surface area contributed by atoms with Gasteiger partial charge in [0.05, 0.1) is 23.1 Å². The Hall–Kier alpha value is -2.33. The number of ether oxygens (including phenoxy) is 1. The van der Waals surface area contributed by atoms with Crippen molar-refractivity contribution in [3.05, 3.63) is 58.1 Å². The predicted octanol–water partition coefficient (Wildman–Crippen LogP) is 4.80. The van der Waals surface area contributed by atoms with Gasteiger partial charge in [0.25, 0.3) is 5.91 Å². The number of anilines is 1. The van der Waals surface area contributed by atoms with Gasteiger partial charge in [-0.15, -0.1) is 0 Å². The Morgan fingerprint density at radius 2 is 1.93 bits per heavy atom. The number of nitrogens with zero attached hydrogens (tertiary/aromatic N) is 1. The maximum absolute atomic E-state index is 13.4. The van der Waals surface area contributed by atoms with Gasteiger partial charge in [0.15, 0.2) is 0 Å². The van der Waals surface area contributed by atoms with Crippen molar-refractivity contribution in [2.24, 2.45) is 23.5 Å². The second kappa shape index (κ2) is 11.5. The van der Waals surface area contributed by atoms with Crippen LogP contribution in [0.2, 0.25) is 5.02 Å². The zero-order valence-electron chi connectivity index (χ0n) is 25.1. The molecule has 0 aromatic heterocycles. The number of benzene rings is 2. The summed E-state index contributed by atoms with van der Waals surface area (Å²) in [6.07, 6.45) is 6.64. The summed E-state index contributed by atoms with van der Waals surface area (Å²) in [7, 11) is -3.92. The molecule has 2 aliphatic heterocycles. The van der Waals surface area contributed by atoms with Gasteiger partial charge in [0.2, 0.25) is 10.0 Å². The van der Waals surface area contributed by atoms with Crippen molar-refractivity contribution in [2.45, 2.75) is 81.5 Å². The quantitative estimate of drug-likeness (QED) is 0.414. The number of nitrogens with two attached hydrogens (primary N) is 1. The fraction of sp³-hybridized carbons (Fsp3) is 0.606. The zero-order chi connectivity index (χ0) is 30.6. The first-order valence-electron chi connectivity index (χ1n) is 15.7. The van der Waals surface area contributed by atoms with E-state index in [2.05, 4.69) is 21.8 Å². The van der Waals surface area contributed by atoms with Gasteiger partial charge in [-0.25, -0.2) is 13.1 Å². The number of carbonyl (C=O) groups excluding carboxylic acids is 1. The largest absolute Gasteiger partial charge is 0.490 e. The number of carbonyl (C=O) groups is 1. The highest BCUT2D eigenvalue weighted by Crippen LogP contribution is 2.48. The fourth-order valence-electron chi connectivity index (χ4n) is 8.02. The summed E-state index contributed by atoms with van der Waals surface area (Å²) in [5, 5.41) is 11.8. The summed E-state index contributed by atoms with van der Waals surface area (Å²) in [5.41, 5.74) is 8.51. The zero-order valence-corrected chi connectivity index (χ0v) is 26.7. The molecule has 2 aliphatic carbocycles. The van der Waals surface area contributed by atoms with Crippen LogP contribution in [-0.2, 0) is 21.9 Å². The number of nitrogens with one attached hydrogen (secondary N) is 1. The van der Waals surface area contributed by atoms with Gasteiger partial charge >= 0.3 is 0 Å². The maximum Gasteiger partial charge on any atom is 0.264 e. The third-order valence-corrected chi connectivity index (χ3v) is 13.2. The van der Waals surface area contributed by atoms with Crippen molar-refractivity contribution in [1.82, 2.24) is 4.72 Å². The average Bonchev–Trinajstić information content (AvgIpc) is 3.11. The van der Waals surface area contributed by atoms with Crippen LogP contribution in [0.4, 0.5) is 5.69 Å². The Morgan fingerprint density at radius 3 is 2.67 bits per heavy atom. The number of rotatable bonds is 1. The minimum absolute atomic E-state index is 0.0503. The van der Waals surface area contributed by atoms with Crippen LogP contribution in [-0.4, -0.2) is 56.5 Å². The van der Waals surface area contributed by atoms with Gasteiger partial charge in [0, 0.05) is 35.6 Å². The molecule has 2 aromatic carbocycles. The molecule has 8 nitrogen and oxygen atoms in total. The third-order valence-electron chi connectivity index (χ3n) is 11.0. The number of hydrogen-bond donors (Lipinski definition) is 3. The van der Waals surface area contributed by atoms with Gasteiger partial charge in [-0.05, 0) is 111 Å². The van der Waals surface area contributed by atoms with E-state index in [1.54, 1.807) is 25.1 Å². The van der Waals surface area contributed by atoms with E-state index in [4.69, 9.17) is 22.1 Å². The van der Waals surface area contributed by atoms with Crippen LogP contribution in [0.25, 0.3) is 0 Å². The molecule has 10 heteroatoms. The molecule has 2 aromatic rings. The summed E-state index contributed by atoms with van der Waals surface area (Å²) >= 11 is 6.40. The second-order valence-electron chi connectivity index (χ2n) is 13.6. The summed E-state index contributed by atoms with van der Waals surface area (Å²) in [5.74, 6) is 0.120. The Labute approximate surface area is 260 Å². The lowest BCUT2D eigenvalue weighted by Crippen LogP contribution is -2.55. The maximum atomic E-state index is 13.4. The lowest BCUT2D eigenvalue weighted by Gasteiger charge is -2.50. The third kappa shape index (κ3) is 5.67.